The predicted octanol–water partition coefficient (Wildman–Crippen LogP) is 0.863. The summed E-state index contributed by atoms with van der Waals surface area (Å²) in [5, 5.41) is 11.4. The van der Waals surface area contributed by atoms with Gasteiger partial charge in [-0.2, -0.15) is 0 Å². The number of carbonyl (C=O) groups is 2. The Labute approximate surface area is 106 Å². The van der Waals surface area contributed by atoms with Crippen molar-refractivity contribution in [2.45, 2.75) is 19.9 Å². The van der Waals surface area contributed by atoms with Crippen LogP contribution in [0, 0.1) is 0 Å². The Morgan fingerprint density at radius 1 is 1.50 bits per heavy atom. The van der Waals surface area contributed by atoms with Crippen molar-refractivity contribution >= 4 is 11.9 Å². The number of carboxylic acid groups (broad SMARTS) is 1. The molecule has 0 aliphatic heterocycles. The standard InChI is InChI=1S/C12H18N2O4/c1-3-14(8-12(16)17)7-11(15)13-9(2)10-5-4-6-18-10/h4-6,9H,3,7-8H2,1-2H3,(H,13,15)(H,16,17). The largest absolute Gasteiger partial charge is 0.480 e. The molecule has 0 radical (unpaired) electrons. The summed E-state index contributed by atoms with van der Waals surface area (Å²) in [5.74, 6) is -0.490. The van der Waals surface area contributed by atoms with Crippen molar-refractivity contribution in [2.75, 3.05) is 19.6 Å². The molecule has 1 heterocycles. The first-order valence-electron chi connectivity index (χ1n) is 5.79. The van der Waals surface area contributed by atoms with Crippen LogP contribution in [0.1, 0.15) is 25.6 Å². The highest BCUT2D eigenvalue weighted by molar-refractivity contribution is 5.79. The monoisotopic (exact) mass is 254 g/mol. The second-order valence-electron chi connectivity index (χ2n) is 4.00. The van der Waals surface area contributed by atoms with Gasteiger partial charge in [0, 0.05) is 0 Å². The van der Waals surface area contributed by atoms with Gasteiger partial charge >= 0.3 is 5.97 Å². The fourth-order valence-corrected chi connectivity index (χ4v) is 1.57. The number of nitrogens with zero attached hydrogens (tertiary/aromatic N) is 1. The van der Waals surface area contributed by atoms with Gasteiger partial charge in [-0.15, -0.1) is 0 Å². The average Bonchev–Trinajstić information content (AvgIpc) is 2.80. The Balaban J connectivity index is 2.43. The van der Waals surface area contributed by atoms with Crippen molar-refractivity contribution in [3.8, 4) is 0 Å². The minimum atomic E-state index is -0.941. The van der Waals surface area contributed by atoms with Gasteiger partial charge in [-0.1, -0.05) is 6.92 Å². The van der Waals surface area contributed by atoms with Gasteiger partial charge in [-0.3, -0.25) is 14.5 Å². The van der Waals surface area contributed by atoms with Crippen LogP contribution in [0.5, 0.6) is 0 Å². The number of hydrogen-bond donors (Lipinski definition) is 2. The Kier molecular flexibility index (Phi) is 5.38. The van der Waals surface area contributed by atoms with Crippen LogP contribution in [0.4, 0.5) is 0 Å². The van der Waals surface area contributed by atoms with Gasteiger partial charge in [-0.25, -0.2) is 0 Å². The van der Waals surface area contributed by atoms with Crippen LogP contribution in [-0.2, 0) is 9.59 Å². The van der Waals surface area contributed by atoms with Gasteiger partial charge in [0.2, 0.25) is 5.91 Å². The molecule has 6 heteroatoms. The number of furan rings is 1. The van der Waals surface area contributed by atoms with Crippen molar-refractivity contribution < 1.29 is 19.1 Å². The van der Waals surface area contributed by atoms with Crippen molar-refractivity contribution in [1.82, 2.24) is 10.2 Å². The quantitative estimate of drug-likeness (QED) is 0.754. The lowest BCUT2D eigenvalue weighted by atomic mass is 10.2. The van der Waals surface area contributed by atoms with E-state index in [1.807, 2.05) is 13.8 Å². The normalized spacial score (nSPS) is 12.4. The third-order valence-corrected chi connectivity index (χ3v) is 2.52. The number of carbonyl (C=O) groups excluding carboxylic acids is 1. The number of aliphatic carboxylic acids is 1. The van der Waals surface area contributed by atoms with E-state index in [1.165, 1.54) is 0 Å². The lowest BCUT2D eigenvalue weighted by molar-refractivity contribution is -0.138. The van der Waals surface area contributed by atoms with Crippen LogP contribution in [0.15, 0.2) is 22.8 Å². The first-order chi connectivity index (χ1) is 8.52. The number of likely N-dealkylation sites (N-methyl/N-ethyl adjacent to an activating group) is 1. The maximum Gasteiger partial charge on any atom is 0.317 e. The summed E-state index contributed by atoms with van der Waals surface area (Å²) >= 11 is 0. The number of nitrogens with one attached hydrogen (secondary N) is 1. The zero-order valence-electron chi connectivity index (χ0n) is 10.5. The highest BCUT2D eigenvalue weighted by Crippen LogP contribution is 2.11. The van der Waals surface area contributed by atoms with E-state index < -0.39 is 5.97 Å². The Hall–Kier alpha value is -1.82. The lowest BCUT2D eigenvalue weighted by Crippen LogP contribution is -2.40. The molecule has 1 aromatic heterocycles. The highest BCUT2D eigenvalue weighted by atomic mass is 16.4. The Bertz CT molecular complexity index is 389. The minimum Gasteiger partial charge on any atom is -0.480 e. The molecule has 1 rings (SSSR count). The van der Waals surface area contributed by atoms with E-state index in [1.54, 1.807) is 23.3 Å². The van der Waals surface area contributed by atoms with E-state index in [0.717, 1.165) is 0 Å². The van der Waals surface area contributed by atoms with E-state index in [9.17, 15) is 9.59 Å². The molecule has 1 amide bonds. The molecular weight excluding hydrogens is 236 g/mol. The molecule has 100 valence electrons. The first kappa shape index (κ1) is 14.2. The van der Waals surface area contributed by atoms with Crippen LogP contribution in [0.2, 0.25) is 0 Å². The maximum atomic E-state index is 11.7. The maximum absolute atomic E-state index is 11.7. The van der Waals surface area contributed by atoms with Gasteiger partial charge in [0.15, 0.2) is 0 Å². The molecule has 0 bridgehead atoms. The van der Waals surface area contributed by atoms with Crippen molar-refractivity contribution in [3.63, 3.8) is 0 Å². The molecule has 1 atom stereocenters. The van der Waals surface area contributed by atoms with Crippen molar-refractivity contribution in [2.24, 2.45) is 0 Å². The number of hydrogen-bond acceptors (Lipinski definition) is 4. The zero-order chi connectivity index (χ0) is 13.5. The molecule has 0 saturated carbocycles. The van der Waals surface area contributed by atoms with E-state index in [-0.39, 0.29) is 25.0 Å². The molecule has 0 aliphatic rings. The Morgan fingerprint density at radius 2 is 2.22 bits per heavy atom. The van der Waals surface area contributed by atoms with Crippen LogP contribution in [0.3, 0.4) is 0 Å². The van der Waals surface area contributed by atoms with Crippen LogP contribution < -0.4 is 5.32 Å². The average molecular weight is 254 g/mol. The summed E-state index contributed by atoms with van der Waals surface area (Å²) in [4.78, 5) is 23.8. The molecule has 2 N–H and O–H groups in total. The lowest BCUT2D eigenvalue weighted by Gasteiger charge is -2.19. The first-order valence-corrected chi connectivity index (χ1v) is 5.79. The molecule has 1 unspecified atom stereocenters. The second-order valence-corrected chi connectivity index (χ2v) is 4.00. The van der Waals surface area contributed by atoms with Crippen molar-refractivity contribution in [1.29, 1.82) is 0 Å². The van der Waals surface area contributed by atoms with Gasteiger partial charge in [0.25, 0.3) is 0 Å². The summed E-state index contributed by atoms with van der Waals surface area (Å²) in [6, 6.07) is 3.30. The summed E-state index contributed by atoms with van der Waals surface area (Å²) in [5.41, 5.74) is 0. The van der Waals surface area contributed by atoms with Gasteiger partial charge in [0.1, 0.15) is 5.76 Å². The molecule has 0 saturated heterocycles. The molecular formula is C12H18N2O4. The van der Waals surface area contributed by atoms with E-state index in [2.05, 4.69) is 5.32 Å². The SMILES string of the molecule is CCN(CC(=O)O)CC(=O)NC(C)c1ccco1. The van der Waals surface area contributed by atoms with Gasteiger partial charge < -0.3 is 14.8 Å². The third-order valence-electron chi connectivity index (χ3n) is 2.52. The minimum absolute atomic E-state index is 0.0633. The van der Waals surface area contributed by atoms with E-state index in [0.29, 0.717) is 12.3 Å². The van der Waals surface area contributed by atoms with Crippen LogP contribution in [-0.4, -0.2) is 41.5 Å². The molecule has 0 aliphatic carbocycles. The van der Waals surface area contributed by atoms with Crippen molar-refractivity contribution in [3.05, 3.63) is 24.2 Å². The summed E-state index contributed by atoms with van der Waals surface area (Å²) in [7, 11) is 0. The number of amides is 1. The van der Waals surface area contributed by atoms with E-state index in [4.69, 9.17) is 9.52 Å². The topological polar surface area (TPSA) is 82.8 Å². The highest BCUT2D eigenvalue weighted by Gasteiger charge is 2.15. The zero-order valence-corrected chi connectivity index (χ0v) is 10.5. The fraction of sp³-hybridized carbons (Fsp3) is 0.500. The molecule has 6 nitrogen and oxygen atoms in total. The van der Waals surface area contributed by atoms with Crippen LogP contribution >= 0.6 is 0 Å². The summed E-state index contributed by atoms with van der Waals surface area (Å²) < 4.78 is 5.17. The van der Waals surface area contributed by atoms with E-state index >= 15 is 0 Å². The molecule has 0 spiro atoms. The van der Waals surface area contributed by atoms with Gasteiger partial charge in [-0.05, 0) is 25.6 Å². The molecule has 1 aromatic rings. The Morgan fingerprint density at radius 3 is 2.72 bits per heavy atom. The smallest absolute Gasteiger partial charge is 0.317 e. The number of carboxylic acids is 1. The second kappa shape index (κ2) is 6.80. The predicted molar refractivity (Wildman–Crippen MR) is 65.0 cm³/mol. The number of rotatable bonds is 7. The van der Waals surface area contributed by atoms with Crippen LogP contribution in [0.25, 0.3) is 0 Å². The molecule has 18 heavy (non-hydrogen) atoms. The van der Waals surface area contributed by atoms with Gasteiger partial charge in [0.05, 0.1) is 25.4 Å². The fourth-order valence-electron chi connectivity index (χ4n) is 1.57. The molecule has 0 aromatic carbocycles. The summed E-state index contributed by atoms with van der Waals surface area (Å²) in [6.45, 7) is 4.05. The summed E-state index contributed by atoms with van der Waals surface area (Å²) in [6.07, 6.45) is 1.54. The molecule has 0 fully saturated rings. The third kappa shape index (κ3) is 4.58.